The van der Waals surface area contributed by atoms with Crippen molar-refractivity contribution in [3.63, 3.8) is 0 Å². The minimum atomic E-state index is -0.0838. The molecule has 1 fully saturated rings. The fourth-order valence-electron chi connectivity index (χ4n) is 3.61. The zero-order chi connectivity index (χ0) is 22.8. The summed E-state index contributed by atoms with van der Waals surface area (Å²) >= 11 is 1.37. The maximum absolute atomic E-state index is 13.1. The van der Waals surface area contributed by atoms with Gasteiger partial charge in [-0.2, -0.15) is 0 Å². The summed E-state index contributed by atoms with van der Waals surface area (Å²) in [4.78, 5) is 20.1. The predicted octanol–water partition coefficient (Wildman–Crippen LogP) is 6.59. The number of amides is 1. The molecule has 0 aliphatic carbocycles. The zero-order valence-corrected chi connectivity index (χ0v) is 18.9. The summed E-state index contributed by atoms with van der Waals surface area (Å²) in [7, 11) is 0. The lowest BCUT2D eigenvalue weighted by atomic mass is 10.1. The summed E-state index contributed by atoms with van der Waals surface area (Å²) in [5.74, 6) is 0.630. The largest absolute Gasteiger partial charge is 0.355 e. The van der Waals surface area contributed by atoms with E-state index >= 15 is 0 Å². The van der Waals surface area contributed by atoms with Gasteiger partial charge in [0.25, 0.3) is 5.91 Å². The molecule has 0 N–H and O–H groups in total. The highest BCUT2D eigenvalue weighted by Crippen LogP contribution is 2.35. The number of rotatable bonds is 5. The lowest BCUT2D eigenvalue weighted by molar-refractivity contribution is -0.121. The average molecular weight is 452 g/mol. The van der Waals surface area contributed by atoms with Crippen molar-refractivity contribution in [2.45, 2.75) is 6.92 Å². The monoisotopic (exact) mass is 451 g/mol. The fraction of sp³-hybridized carbons (Fsp3) is 0.0741. The molecule has 0 spiro atoms. The van der Waals surface area contributed by atoms with Crippen LogP contribution in [0.3, 0.4) is 0 Å². The molecule has 6 heteroatoms. The van der Waals surface area contributed by atoms with Crippen molar-refractivity contribution in [2.24, 2.45) is 4.99 Å². The maximum Gasteiger partial charge on any atom is 0.267 e. The molecule has 1 aliphatic rings. The van der Waals surface area contributed by atoms with Crippen LogP contribution in [0.4, 0.5) is 5.69 Å². The van der Waals surface area contributed by atoms with Gasteiger partial charge in [0.2, 0.25) is 0 Å². The Balaban J connectivity index is 1.51. The molecular weight excluding hydrogens is 430 g/mol. The Kier molecular flexibility index (Phi) is 5.67. The first-order valence-electron chi connectivity index (χ1n) is 10.5. The van der Waals surface area contributed by atoms with Crippen molar-refractivity contribution in [1.29, 1.82) is 0 Å². The number of benzene rings is 3. The van der Waals surface area contributed by atoms with Crippen LogP contribution in [0.1, 0.15) is 11.1 Å². The Labute approximate surface area is 196 Å². The first-order chi connectivity index (χ1) is 16.1. The minimum Gasteiger partial charge on any atom is -0.355 e. The molecule has 0 radical (unpaired) electrons. The predicted molar refractivity (Wildman–Crippen MR) is 135 cm³/mol. The lowest BCUT2D eigenvalue weighted by Gasteiger charge is -2.12. The Hall–Kier alpha value is -3.90. The molecule has 0 atom stereocenters. The summed E-state index contributed by atoms with van der Waals surface area (Å²) in [5.41, 5.74) is 4.60. The molecule has 1 saturated heterocycles. The second-order valence-electron chi connectivity index (χ2n) is 7.70. The molecule has 3 aromatic carbocycles. The van der Waals surface area contributed by atoms with Crippen molar-refractivity contribution < 1.29 is 9.32 Å². The zero-order valence-electron chi connectivity index (χ0n) is 18.1. The topological polar surface area (TPSA) is 58.7 Å². The molecule has 0 saturated carbocycles. The summed E-state index contributed by atoms with van der Waals surface area (Å²) in [6.07, 6.45) is 3.60. The number of aryl methyl sites for hydroxylation is 1. The highest BCUT2D eigenvalue weighted by Gasteiger charge is 2.32. The summed E-state index contributed by atoms with van der Waals surface area (Å²) in [6.45, 7) is 6.22. The van der Waals surface area contributed by atoms with Crippen LogP contribution in [-0.4, -0.2) is 27.7 Å². The molecule has 5 nitrogen and oxygen atoms in total. The molecule has 162 valence electrons. The SMILES string of the molecule is C=CCN1C(=O)/C(=C/c2ccc3noc(-c4ccccc4)c3c2)SC1=Nc1ccc(C)cc1. The molecule has 1 aliphatic heterocycles. The van der Waals surface area contributed by atoms with Gasteiger partial charge in [-0.1, -0.05) is 65.3 Å². The van der Waals surface area contributed by atoms with Crippen molar-refractivity contribution in [1.82, 2.24) is 10.1 Å². The van der Waals surface area contributed by atoms with Crippen molar-refractivity contribution in [2.75, 3.05) is 6.54 Å². The van der Waals surface area contributed by atoms with Gasteiger partial charge in [0, 0.05) is 12.1 Å². The van der Waals surface area contributed by atoms with E-state index < -0.39 is 0 Å². The third-order valence-corrected chi connectivity index (χ3v) is 6.30. The van der Waals surface area contributed by atoms with E-state index in [1.807, 2.05) is 85.8 Å². The van der Waals surface area contributed by atoms with Gasteiger partial charge in [-0.15, -0.1) is 6.58 Å². The third kappa shape index (κ3) is 4.25. The van der Waals surface area contributed by atoms with Crippen LogP contribution in [0, 0.1) is 6.92 Å². The fourth-order valence-corrected chi connectivity index (χ4v) is 4.62. The highest BCUT2D eigenvalue weighted by atomic mass is 32.2. The molecule has 0 bridgehead atoms. The normalized spacial score (nSPS) is 16.3. The first-order valence-corrected chi connectivity index (χ1v) is 11.4. The number of amidine groups is 1. The number of fused-ring (bicyclic) bond motifs is 1. The smallest absolute Gasteiger partial charge is 0.267 e. The van der Waals surface area contributed by atoms with Gasteiger partial charge in [-0.25, -0.2) is 4.99 Å². The van der Waals surface area contributed by atoms with Crippen LogP contribution in [0.25, 0.3) is 28.3 Å². The number of hydrogen-bond acceptors (Lipinski definition) is 5. The second-order valence-corrected chi connectivity index (χ2v) is 8.71. The summed E-state index contributed by atoms with van der Waals surface area (Å²) in [5, 5.41) is 5.73. The molecule has 1 aromatic heterocycles. The lowest BCUT2D eigenvalue weighted by Crippen LogP contribution is -2.29. The van der Waals surface area contributed by atoms with Gasteiger partial charge in [0.1, 0.15) is 5.52 Å². The first kappa shape index (κ1) is 21.0. The standard InChI is InChI=1S/C27H21N3O2S/c1-3-15-30-26(31)24(33-27(30)28-21-12-9-18(2)10-13-21)17-19-11-14-23-22(16-19)25(32-29-23)20-7-5-4-6-8-20/h3-14,16-17H,1,15H2,2H3/b24-17-,28-27?. The van der Waals surface area contributed by atoms with E-state index in [-0.39, 0.29) is 5.91 Å². The van der Waals surface area contributed by atoms with E-state index in [0.717, 1.165) is 33.3 Å². The Morgan fingerprint density at radius 2 is 1.88 bits per heavy atom. The molecular formula is C27H21N3O2S. The van der Waals surface area contributed by atoms with E-state index in [2.05, 4.69) is 11.7 Å². The maximum atomic E-state index is 13.1. The Morgan fingerprint density at radius 3 is 2.64 bits per heavy atom. The molecule has 4 aromatic rings. The Bertz CT molecular complexity index is 1400. The number of carbonyl (C=O) groups excluding carboxylic acids is 1. The minimum absolute atomic E-state index is 0.0838. The average Bonchev–Trinajstić information content (AvgIpc) is 3.38. The van der Waals surface area contributed by atoms with Gasteiger partial charge in [-0.3, -0.25) is 9.69 Å². The Morgan fingerprint density at radius 1 is 1.09 bits per heavy atom. The van der Waals surface area contributed by atoms with Crippen LogP contribution >= 0.6 is 11.8 Å². The molecule has 2 heterocycles. The second kappa shape index (κ2) is 8.92. The van der Waals surface area contributed by atoms with Gasteiger partial charge in [0.05, 0.1) is 16.0 Å². The van der Waals surface area contributed by atoms with Gasteiger partial charge >= 0.3 is 0 Å². The van der Waals surface area contributed by atoms with E-state index in [9.17, 15) is 4.79 Å². The number of aliphatic imine (C=N–C) groups is 1. The van der Waals surface area contributed by atoms with Crippen LogP contribution in [0.15, 0.2) is 99.9 Å². The number of carbonyl (C=O) groups is 1. The number of aromatic nitrogens is 1. The molecule has 1 amide bonds. The summed E-state index contributed by atoms with van der Waals surface area (Å²) < 4.78 is 5.61. The van der Waals surface area contributed by atoms with Gasteiger partial charge in [-0.05, 0) is 54.6 Å². The van der Waals surface area contributed by atoms with E-state index in [1.54, 1.807) is 11.0 Å². The molecule has 0 unspecified atom stereocenters. The van der Waals surface area contributed by atoms with Crippen LogP contribution < -0.4 is 0 Å². The third-order valence-electron chi connectivity index (χ3n) is 5.29. The number of nitrogens with zero attached hydrogens (tertiary/aromatic N) is 3. The van der Waals surface area contributed by atoms with E-state index in [4.69, 9.17) is 9.52 Å². The highest BCUT2D eigenvalue weighted by molar-refractivity contribution is 8.18. The summed E-state index contributed by atoms with van der Waals surface area (Å²) in [6, 6.07) is 23.6. The van der Waals surface area contributed by atoms with Crippen LogP contribution in [0.2, 0.25) is 0 Å². The number of thioether (sulfide) groups is 1. The van der Waals surface area contributed by atoms with Crippen LogP contribution in [0.5, 0.6) is 0 Å². The van der Waals surface area contributed by atoms with E-state index in [1.165, 1.54) is 11.8 Å². The molecule has 33 heavy (non-hydrogen) atoms. The van der Waals surface area contributed by atoms with Gasteiger partial charge < -0.3 is 4.52 Å². The van der Waals surface area contributed by atoms with Gasteiger partial charge in [0.15, 0.2) is 10.9 Å². The van der Waals surface area contributed by atoms with Crippen LogP contribution in [-0.2, 0) is 4.79 Å². The van der Waals surface area contributed by atoms with Crippen molar-refractivity contribution >= 4 is 45.5 Å². The van der Waals surface area contributed by atoms with Crippen molar-refractivity contribution in [3.05, 3.63) is 101 Å². The molecule has 5 rings (SSSR count). The van der Waals surface area contributed by atoms with Crippen molar-refractivity contribution in [3.8, 4) is 11.3 Å². The quantitative estimate of drug-likeness (QED) is 0.254. The number of hydrogen-bond donors (Lipinski definition) is 0. The van der Waals surface area contributed by atoms with E-state index in [0.29, 0.717) is 22.4 Å².